The molecule has 0 saturated heterocycles. The molecule has 18 heavy (non-hydrogen) atoms. The van der Waals surface area contributed by atoms with E-state index in [9.17, 15) is 0 Å². The van der Waals surface area contributed by atoms with Gasteiger partial charge in [0.25, 0.3) is 0 Å². The Morgan fingerprint density at radius 1 is 1.33 bits per heavy atom. The summed E-state index contributed by atoms with van der Waals surface area (Å²) >= 11 is 9.38. The summed E-state index contributed by atoms with van der Waals surface area (Å²) in [5.41, 5.74) is 2.42. The zero-order valence-electron chi connectivity index (χ0n) is 9.86. The summed E-state index contributed by atoms with van der Waals surface area (Å²) in [6, 6.07) is 3.87. The first kappa shape index (κ1) is 12.3. The van der Waals surface area contributed by atoms with Gasteiger partial charge in [-0.2, -0.15) is 11.8 Å². The van der Waals surface area contributed by atoms with E-state index >= 15 is 0 Å². The van der Waals surface area contributed by atoms with Crippen LogP contribution in [0.3, 0.4) is 0 Å². The van der Waals surface area contributed by atoms with Crippen molar-refractivity contribution in [2.75, 3.05) is 11.9 Å². The molecule has 0 fully saturated rings. The Bertz CT molecular complexity index is 583. The molecule has 0 unspecified atom stereocenters. The number of nitrogens with zero attached hydrogens (tertiary/aromatic N) is 2. The molecule has 3 heterocycles. The van der Waals surface area contributed by atoms with Crippen LogP contribution in [0.4, 0.5) is 5.82 Å². The molecular weight excluding hydrogens is 286 g/mol. The Kier molecular flexibility index (Phi) is 3.46. The molecule has 3 nitrogen and oxygen atoms in total. The van der Waals surface area contributed by atoms with E-state index in [4.69, 9.17) is 11.6 Å². The van der Waals surface area contributed by atoms with Gasteiger partial charge in [-0.15, -0.1) is 11.3 Å². The standard InChI is InChI=1S/C12H12ClN3S2/c1-2-14-11-7-5-17-6-8(7)15-12(16-11)9-3-4-10(13)18-9/h3-4H,2,5-6H2,1H3,(H,14,15,16). The molecule has 0 bridgehead atoms. The lowest BCUT2D eigenvalue weighted by Gasteiger charge is -2.09. The highest BCUT2D eigenvalue weighted by atomic mass is 35.5. The molecule has 0 radical (unpaired) electrons. The Morgan fingerprint density at radius 2 is 2.22 bits per heavy atom. The molecule has 1 aliphatic heterocycles. The number of hydrogen-bond donors (Lipinski definition) is 1. The van der Waals surface area contributed by atoms with E-state index in [2.05, 4.69) is 22.2 Å². The predicted molar refractivity (Wildman–Crippen MR) is 79.5 cm³/mol. The van der Waals surface area contributed by atoms with E-state index in [1.807, 2.05) is 23.9 Å². The van der Waals surface area contributed by atoms with Crippen LogP contribution in [0.2, 0.25) is 4.34 Å². The number of hydrogen-bond acceptors (Lipinski definition) is 5. The zero-order chi connectivity index (χ0) is 12.5. The van der Waals surface area contributed by atoms with E-state index in [1.165, 1.54) is 16.9 Å². The van der Waals surface area contributed by atoms with Crippen molar-refractivity contribution in [2.24, 2.45) is 0 Å². The number of thioether (sulfide) groups is 1. The molecule has 1 aliphatic rings. The van der Waals surface area contributed by atoms with Gasteiger partial charge in [0.2, 0.25) is 0 Å². The molecule has 2 aromatic heterocycles. The first-order valence-corrected chi connectivity index (χ1v) is 8.10. The predicted octanol–water partition coefficient (Wildman–Crippen LogP) is 4.04. The van der Waals surface area contributed by atoms with Crippen molar-refractivity contribution in [3.05, 3.63) is 27.7 Å². The van der Waals surface area contributed by atoms with Crippen molar-refractivity contribution >= 4 is 40.5 Å². The van der Waals surface area contributed by atoms with E-state index < -0.39 is 0 Å². The summed E-state index contributed by atoms with van der Waals surface area (Å²) in [6.07, 6.45) is 0. The third-order valence-electron chi connectivity index (χ3n) is 2.72. The van der Waals surface area contributed by atoms with Crippen LogP contribution in [-0.2, 0) is 11.5 Å². The molecule has 2 aromatic rings. The van der Waals surface area contributed by atoms with Crippen LogP contribution in [0.5, 0.6) is 0 Å². The fourth-order valence-corrected chi connectivity index (χ4v) is 3.93. The van der Waals surface area contributed by atoms with Gasteiger partial charge in [-0.3, -0.25) is 0 Å². The lowest BCUT2D eigenvalue weighted by Crippen LogP contribution is -2.06. The highest BCUT2D eigenvalue weighted by Gasteiger charge is 2.20. The van der Waals surface area contributed by atoms with Gasteiger partial charge in [0.15, 0.2) is 5.82 Å². The van der Waals surface area contributed by atoms with Crippen molar-refractivity contribution < 1.29 is 0 Å². The summed E-state index contributed by atoms with van der Waals surface area (Å²) in [6.45, 7) is 2.96. The summed E-state index contributed by atoms with van der Waals surface area (Å²) in [5, 5.41) is 3.33. The number of halogens is 1. The average molecular weight is 298 g/mol. The molecule has 94 valence electrons. The van der Waals surface area contributed by atoms with E-state index in [1.54, 1.807) is 0 Å². The molecule has 0 saturated carbocycles. The smallest absolute Gasteiger partial charge is 0.171 e. The second-order valence-corrected chi connectivity index (χ2v) is 6.65. The SMILES string of the molecule is CCNc1nc(-c2ccc(Cl)s2)nc2c1CSC2. The van der Waals surface area contributed by atoms with Gasteiger partial charge >= 0.3 is 0 Å². The minimum absolute atomic E-state index is 0.772. The van der Waals surface area contributed by atoms with Crippen molar-refractivity contribution in [1.82, 2.24) is 9.97 Å². The number of rotatable bonds is 3. The Balaban J connectivity index is 2.08. The van der Waals surface area contributed by atoms with Gasteiger partial charge in [0.1, 0.15) is 5.82 Å². The molecule has 1 N–H and O–H groups in total. The topological polar surface area (TPSA) is 37.8 Å². The minimum Gasteiger partial charge on any atom is -0.370 e. The second kappa shape index (κ2) is 5.07. The van der Waals surface area contributed by atoms with E-state index in [-0.39, 0.29) is 0 Å². The Hall–Kier alpha value is -0.780. The molecule has 0 aliphatic carbocycles. The summed E-state index contributed by atoms with van der Waals surface area (Å²) in [5.74, 6) is 3.74. The Labute approximate surface area is 119 Å². The maximum absolute atomic E-state index is 5.97. The van der Waals surface area contributed by atoms with Crippen molar-refractivity contribution in [3.8, 4) is 10.7 Å². The fraction of sp³-hybridized carbons (Fsp3) is 0.333. The van der Waals surface area contributed by atoms with Crippen LogP contribution in [-0.4, -0.2) is 16.5 Å². The molecule has 0 amide bonds. The lowest BCUT2D eigenvalue weighted by atomic mass is 10.2. The van der Waals surface area contributed by atoms with E-state index in [0.717, 1.165) is 44.6 Å². The first-order valence-electron chi connectivity index (χ1n) is 5.75. The van der Waals surface area contributed by atoms with Gasteiger partial charge in [-0.1, -0.05) is 11.6 Å². The zero-order valence-corrected chi connectivity index (χ0v) is 12.3. The Morgan fingerprint density at radius 3 is 2.94 bits per heavy atom. The molecule has 0 atom stereocenters. The normalized spacial score (nSPS) is 13.7. The largest absolute Gasteiger partial charge is 0.370 e. The maximum Gasteiger partial charge on any atom is 0.171 e. The summed E-state index contributed by atoms with van der Waals surface area (Å²) in [7, 11) is 0. The number of nitrogens with one attached hydrogen (secondary N) is 1. The van der Waals surface area contributed by atoms with Crippen LogP contribution >= 0.6 is 34.7 Å². The van der Waals surface area contributed by atoms with Gasteiger partial charge in [-0.25, -0.2) is 9.97 Å². The van der Waals surface area contributed by atoms with E-state index in [0.29, 0.717) is 0 Å². The van der Waals surface area contributed by atoms with Gasteiger partial charge in [0, 0.05) is 23.6 Å². The van der Waals surface area contributed by atoms with Crippen LogP contribution < -0.4 is 5.32 Å². The van der Waals surface area contributed by atoms with Gasteiger partial charge in [0.05, 0.1) is 14.9 Å². The molecular formula is C12H12ClN3S2. The van der Waals surface area contributed by atoms with Crippen LogP contribution in [0.1, 0.15) is 18.2 Å². The van der Waals surface area contributed by atoms with Gasteiger partial charge in [-0.05, 0) is 19.1 Å². The number of fused-ring (bicyclic) bond motifs is 1. The first-order chi connectivity index (χ1) is 8.78. The maximum atomic E-state index is 5.97. The number of thiophene rings is 1. The quantitative estimate of drug-likeness (QED) is 0.928. The highest BCUT2D eigenvalue weighted by Crippen LogP contribution is 2.36. The minimum atomic E-state index is 0.772. The average Bonchev–Trinajstić information content (AvgIpc) is 2.97. The van der Waals surface area contributed by atoms with Crippen LogP contribution in [0.25, 0.3) is 10.7 Å². The third kappa shape index (κ3) is 2.22. The molecule has 3 rings (SSSR count). The van der Waals surface area contributed by atoms with Crippen molar-refractivity contribution in [1.29, 1.82) is 0 Å². The van der Waals surface area contributed by atoms with Crippen LogP contribution in [0.15, 0.2) is 12.1 Å². The fourth-order valence-electron chi connectivity index (χ4n) is 1.91. The van der Waals surface area contributed by atoms with Crippen molar-refractivity contribution in [2.45, 2.75) is 18.4 Å². The highest BCUT2D eigenvalue weighted by molar-refractivity contribution is 7.98. The van der Waals surface area contributed by atoms with Crippen molar-refractivity contribution in [3.63, 3.8) is 0 Å². The molecule has 6 heteroatoms. The third-order valence-corrected chi connectivity index (χ3v) is 4.91. The second-order valence-electron chi connectivity index (χ2n) is 3.95. The number of aromatic nitrogens is 2. The lowest BCUT2D eigenvalue weighted by molar-refractivity contribution is 1.05. The monoisotopic (exact) mass is 297 g/mol. The number of anilines is 1. The molecule has 0 spiro atoms. The molecule has 0 aromatic carbocycles. The summed E-state index contributed by atoms with van der Waals surface area (Å²) in [4.78, 5) is 10.3. The van der Waals surface area contributed by atoms with Crippen LogP contribution in [0, 0.1) is 0 Å². The van der Waals surface area contributed by atoms with Gasteiger partial charge < -0.3 is 5.32 Å². The summed E-state index contributed by atoms with van der Waals surface area (Å²) < 4.78 is 0.772.